The first kappa shape index (κ1) is 16.0. The molecule has 1 aliphatic rings. The SMILES string of the molecule is Cc1cn2nc(N3CCO[C@@H](CNc4nccn(C)c4=O)C3)sc2n1. The number of aromatic nitrogens is 5. The number of nitrogens with one attached hydrogen (secondary N) is 1. The Bertz CT molecular complexity index is 915. The Labute approximate surface area is 147 Å². The molecule has 3 aromatic heterocycles. The highest BCUT2D eigenvalue weighted by Crippen LogP contribution is 2.24. The molecule has 1 atom stereocenters. The highest BCUT2D eigenvalue weighted by atomic mass is 32.1. The van der Waals surface area contributed by atoms with Crippen molar-refractivity contribution < 1.29 is 4.74 Å². The predicted molar refractivity (Wildman–Crippen MR) is 95.5 cm³/mol. The van der Waals surface area contributed by atoms with Gasteiger partial charge >= 0.3 is 0 Å². The van der Waals surface area contributed by atoms with E-state index in [4.69, 9.17) is 4.74 Å². The zero-order valence-corrected chi connectivity index (χ0v) is 14.9. The summed E-state index contributed by atoms with van der Waals surface area (Å²) < 4.78 is 9.12. The third-order valence-corrected chi connectivity index (χ3v) is 5.06. The third kappa shape index (κ3) is 3.22. The van der Waals surface area contributed by atoms with Crippen LogP contribution in [0, 0.1) is 6.92 Å². The molecule has 4 heterocycles. The van der Waals surface area contributed by atoms with Gasteiger partial charge in [-0.1, -0.05) is 11.3 Å². The fourth-order valence-electron chi connectivity index (χ4n) is 2.77. The van der Waals surface area contributed by atoms with Crippen molar-refractivity contribution in [3.8, 4) is 0 Å². The molecule has 1 aliphatic heterocycles. The summed E-state index contributed by atoms with van der Waals surface area (Å²) in [4.78, 5) is 23.6. The summed E-state index contributed by atoms with van der Waals surface area (Å²) >= 11 is 1.57. The fraction of sp³-hybridized carbons (Fsp3) is 0.467. The van der Waals surface area contributed by atoms with Crippen molar-refractivity contribution in [3.05, 3.63) is 34.6 Å². The zero-order chi connectivity index (χ0) is 17.4. The van der Waals surface area contributed by atoms with E-state index in [1.807, 2.05) is 17.6 Å². The topological polar surface area (TPSA) is 89.6 Å². The number of rotatable bonds is 4. The van der Waals surface area contributed by atoms with Gasteiger partial charge in [-0.3, -0.25) is 4.79 Å². The van der Waals surface area contributed by atoms with Crippen molar-refractivity contribution in [3.63, 3.8) is 0 Å². The number of fused-ring (bicyclic) bond motifs is 1. The first-order chi connectivity index (χ1) is 12.1. The van der Waals surface area contributed by atoms with E-state index < -0.39 is 0 Å². The van der Waals surface area contributed by atoms with Gasteiger partial charge in [0.15, 0.2) is 5.82 Å². The molecule has 25 heavy (non-hydrogen) atoms. The van der Waals surface area contributed by atoms with Crippen LogP contribution in [0.15, 0.2) is 23.4 Å². The lowest BCUT2D eigenvalue weighted by Crippen LogP contribution is -2.45. The maximum atomic E-state index is 12.0. The van der Waals surface area contributed by atoms with Gasteiger partial charge in [0, 0.05) is 39.1 Å². The molecule has 4 rings (SSSR count). The molecule has 132 valence electrons. The molecule has 10 heteroatoms. The van der Waals surface area contributed by atoms with Gasteiger partial charge in [-0.15, -0.1) is 5.10 Å². The molecule has 0 aromatic carbocycles. The summed E-state index contributed by atoms with van der Waals surface area (Å²) in [6.07, 6.45) is 5.11. The van der Waals surface area contributed by atoms with Gasteiger partial charge in [0.2, 0.25) is 10.1 Å². The van der Waals surface area contributed by atoms with Crippen molar-refractivity contribution >= 4 is 27.2 Å². The Morgan fingerprint density at radius 3 is 3.20 bits per heavy atom. The Hall–Kier alpha value is -2.46. The summed E-state index contributed by atoms with van der Waals surface area (Å²) in [7, 11) is 1.70. The van der Waals surface area contributed by atoms with Gasteiger partial charge < -0.3 is 19.5 Å². The number of ether oxygens (including phenoxy) is 1. The number of aryl methyl sites for hydroxylation is 2. The van der Waals surface area contributed by atoms with Crippen LogP contribution in [0.5, 0.6) is 0 Å². The smallest absolute Gasteiger partial charge is 0.293 e. The van der Waals surface area contributed by atoms with Gasteiger partial charge in [-0.2, -0.15) is 0 Å². The first-order valence-corrected chi connectivity index (χ1v) is 8.86. The van der Waals surface area contributed by atoms with Crippen molar-refractivity contribution in [2.75, 3.05) is 36.5 Å². The van der Waals surface area contributed by atoms with Crippen LogP contribution in [0.3, 0.4) is 0 Å². The Balaban J connectivity index is 1.42. The van der Waals surface area contributed by atoms with Crippen LogP contribution < -0.4 is 15.8 Å². The maximum Gasteiger partial charge on any atom is 0.293 e. The minimum atomic E-state index is -0.147. The highest BCUT2D eigenvalue weighted by Gasteiger charge is 2.24. The van der Waals surface area contributed by atoms with E-state index in [1.54, 1.807) is 30.8 Å². The molecule has 0 spiro atoms. The van der Waals surface area contributed by atoms with Crippen LogP contribution >= 0.6 is 11.3 Å². The van der Waals surface area contributed by atoms with E-state index in [0.717, 1.165) is 22.3 Å². The van der Waals surface area contributed by atoms with Gasteiger partial charge in [-0.25, -0.2) is 14.5 Å². The average molecular weight is 361 g/mol. The molecule has 9 nitrogen and oxygen atoms in total. The largest absolute Gasteiger partial charge is 0.373 e. The molecule has 0 aliphatic carbocycles. The monoisotopic (exact) mass is 361 g/mol. The van der Waals surface area contributed by atoms with Crippen molar-refractivity contribution in [2.24, 2.45) is 7.05 Å². The van der Waals surface area contributed by atoms with Crippen molar-refractivity contribution in [1.29, 1.82) is 0 Å². The van der Waals surface area contributed by atoms with E-state index in [-0.39, 0.29) is 11.7 Å². The molecule has 0 unspecified atom stereocenters. The molecular formula is C15H19N7O2S. The summed E-state index contributed by atoms with van der Waals surface area (Å²) in [5, 5.41) is 8.62. The lowest BCUT2D eigenvalue weighted by Gasteiger charge is -2.32. The number of nitrogens with zero attached hydrogens (tertiary/aromatic N) is 6. The van der Waals surface area contributed by atoms with Crippen LogP contribution in [-0.2, 0) is 11.8 Å². The number of hydrogen-bond acceptors (Lipinski definition) is 8. The molecule has 1 saturated heterocycles. The second kappa shape index (κ2) is 6.45. The number of morpholine rings is 1. The molecule has 0 radical (unpaired) electrons. The molecule has 1 fully saturated rings. The number of imidazole rings is 1. The van der Waals surface area contributed by atoms with Crippen LogP contribution in [0.25, 0.3) is 4.96 Å². The average Bonchev–Trinajstić information content (AvgIpc) is 3.14. The van der Waals surface area contributed by atoms with Crippen LogP contribution in [0.2, 0.25) is 0 Å². The van der Waals surface area contributed by atoms with E-state index >= 15 is 0 Å². The Kier molecular flexibility index (Phi) is 4.14. The second-order valence-electron chi connectivity index (χ2n) is 6.01. The van der Waals surface area contributed by atoms with E-state index in [2.05, 4.69) is 25.3 Å². The number of hydrogen-bond donors (Lipinski definition) is 1. The molecule has 1 N–H and O–H groups in total. The van der Waals surface area contributed by atoms with Gasteiger partial charge in [-0.05, 0) is 6.92 Å². The summed E-state index contributed by atoms with van der Waals surface area (Å²) in [5.41, 5.74) is 0.818. The minimum Gasteiger partial charge on any atom is -0.373 e. The van der Waals surface area contributed by atoms with E-state index in [1.165, 1.54) is 4.57 Å². The standard InChI is InChI=1S/C15H19N7O2S/c1-10-8-22-14(18-10)25-15(19-22)21-5-6-24-11(9-21)7-17-12-13(23)20(2)4-3-16-12/h3-4,8,11H,5-7,9H2,1-2H3,(H,16,17)/t11-/m0/s1. The number of anilines is 2. The third-order valence-electron chi connectivity index (χ3n) is 4.08. The lowest BCUT2D eigenvalue weighted by atomic mass is 10.3. The molecule has 3 aromatic rings. The van der Waals surface area contributed by atoms with Crippen molar-refractivity contribution in [1.82, 2.24) is 24.1 Å². The fourth-order valence-corrected chi connectivity index (χ4v) is 3.74. The van der Waals surface area contributed by atoms with Gasteiger partial charge in [0.1, 0.15) is 0 Å². The molecule has 0 saturated carbocycles. The van der Waals surface area contributed by atoms with Gasteiger partial charge in [0.25, 0.3) is 5.56 Å². The predicted octanol–water partition coefficient (Wildman–Crippen LogP) is 0.510. The van der Waals surface area contributed by atoms with Crippen molar-refractivity contribution in [2.45, 2.75) is 13.0 Å². The van der Waals surface area contributed by atoms with Crippen LogP contribution in [-0.4, -0.2) is 56.5 Å². The summed E-state index contributed by atoms with van der Waals surface area (Å²) in [5.74, 6) is 0.342. The summed E-state index contributed by atoms with van der Waals surface area (Å²) in [6.45, 7) is 4.59. The maximum absolute atomic E-state index is 12.0. The first-order valence-electron chi connectivity index (χ1n) is 8.05. The lowest BCUT2D eigenvalue weighted by molar-refractivity contribution is 0.0491. The molecule has 0 bridgehead atoms. The quantitative estimate of drug-likeness (QED) is 0.724. The zero-order valence-electron chi connectivity index (χ0n) is 14.0. The van der Waals surface area contributed by atoms with Gasteiger partial charge in [0.05, 0.1) is 24.6 Å². The van der Waals surface area contributed by atoms with E-state index in [9.17, 15) is 4.79 Å². The van der Waals surface area contributed by atoms with Crippen LogP contribution in [0.1, 0.15) is 5.69 Å². The Morgan fingerprint density at radius 2 is 2.36 bits per heavy atom. The normalized spacial score (nSPS) is 18.0. The second-order valence-corrected chi connectivity index (χ2v) is 6.94. The minimum absolute atomic E-state index is 0.0431. The van der Waals surface area contributed by atoms with E-state index in [0.29, 0.717) is 25.5 Å². The Morgan fingerprint density at radius 1 is 1.48 bits per heavy atom. The highest BCUT2D eigenvalue weighted by molar-refractivity contribution is 7.20. The molecule has 0 amide bonds. The van der Waals surface area contributed by atoms with Crippen LogP contribution in [0.4, 0.5) is 10.9 Å². The molecular weight excluding hydrogens is 342 g/mol. The summed E-state index contributed by atoms with van der Waals surface area (Å²) in [6, 6.07) is 0.